The Labute approximate surface area is 194 Å². The summed E-state index contributed by atoms with van der Waals surface area (Å²) in [5.41, 5.74) is 0.423. The van der Waals surface area contributed by atoms with Gasteiger partial charge in [-0.3, -0.25) is 4.79 Å². The normalized spacial score (nSPS) is 14.7. The van der Waals surface area contributed by atoms with Gasteiger partial charge in [0.25, 0.3) is 0 Å². The number of benzene rings is 2. The number of amides is 1. The highest BCUT2D eigenvalue weighted by Crippen LogP contribution is 2.33. The van der Waals surface area contributed by atoms with Crippen molar-refractivity contribution in [2.24, 2.45) is 0 Å². The quantitative estimate of drug-likeness (QED) is 0.493. The van der Waals surface area contributed by atoms with Crippen molar-refractivity contribution in [3.63, 3.8) is 0 Å². The molecule has 0 aliphatic carbocycles. The van der Waals surface area contributed by atoms with E-state index in [1.54, 1.807) is 0 Å². The van der Waals surface area contributed by atoms with Gasteiger partial charge in [-0.25, -0.2) is 25.9 Å². The van der Waals surface area contributed by atoms with Crippen LogP contribution in [0.15, 0.2) is 52.3 Å². The molecule has 0 unspecified atom stereocenters. The molecule has 0 radical (unpaired) electrons. The molecule has 0 saturated carbocycles. The number of hydrogen-bond donors (Lipinski definition) is 1. The number of methoxy groups -OCH3 is 1. The van der Waals surface area contributed by atoms with Crippen molar-refractivity contribution in [1.82, 2.24) is 9.03 Å². The Morgan fingerprint density at radius 1 is 1.03 bits per heavy atom. The number of carbonyl (C=O) groups excluding carboxylic acids is 1. The number of rotatable bonds is 10. The lowest BCUT2D eigenvalue weighted by Gasteiger charge is -2.20. The first-order valence-corrected chi connectivity index (χ1v) is 13.1. The number of nitrogens with one attached hydrogen (secondary N) is 1. The first-order valence-electron chi connectivity index (χ1n) is 10.2. The number of ether oxygens (including phenoxy) is 2. The van der Waals surface area contributed by atoms with Gasteiger partial charge >= 0.3 is 0 Å². The second-order valence-corrected chi connectivity index (χ2v) is 11.4. The van der Waals surface area contributed by atoms with Crippen LogP contribution in [0.5, 0.6) is 11.5 Å². The van der Waals surface area contributed by atoms with Crippen molar-refractivity contribution >= 4 is 31.6 Å². The summed E-state index contributed by atoms with van der Waals surface area (Å²) in [5, 5.41) is 0. The molecular formula is C21H27N3O7S2. The SMILES string of the molecule is COc1ccc(S(=O)(=O)NCCOc2ccc(S(=O)(=O)N(C)C)cc2)cc1N1CCCC1=O. The van der Waals surface area contributed by atoms with Crippen LogP contribution in [-0.2, 0) is 24.8 Å². The maximum absolute atomic E-state index is 12.7. The molecule has 3 rings (SSSR count). The summed E-state index contributed by atoms with van der Waals surface area (Å²) in [6.07, 6.45) is 1.12. The largest absolute Gasteiger partial charge is 0.495 e. The molecule has 0 atom stereocenters. The average molecular weight is 498 g/mol. The van der Waals surface area contributed by atoms with Gasteiger partial charge in [0.15, 0.2) is 0 Å². The van der Waals surface area contributed by atoms with E-state index in [4.69, 9.17) is 9.47 Å². The molecule has 2 aromatic rings. The van der Waals surface area contributed by atoms with Crippen LogP contribution in [0.3, 0.4) is 0 Å². The zero-order chi connectivity index (χ0) is 24.2. The topological polar surface area (TPSA) is 122 Å². The Kier molecular flexibility index (Phi) is 7.62. The average Bonchev–Trinajstić information content (AvgIpc) is 3.22. The number of sulfonamides is 2. The number of carbonyl (C=O) groups is 1. The van der Waals surface area contributed by atoms with E-state index in [-0.39, 0.29) is 28.8 Å². The third-order valence-electron chi connectivity index (χ3n) is 5.09. The van der Waals surface area contributed by atoms with Gasteiger partial charge in [0, 0.05) is 33.6 Å². The molecule has 180 valence electrons. The number of nitrogens with zero attached hydrogens (tertiary/aromatic N) is 2. The molecule has 1 amide bonds. The Morgan fingerprint density at radius 3 is 2.27 bits per heavy atom. The summed E-state index contributed by atoms with van der Waals surface area (Å²) in [7, 11) is -3.03. The van der Waals surface area contributed by atoms with Crippen molar-refractivity contribution in [2.75, 3.05) is 45.8 Å². The highest BCUT2D eigenvalue weighted by molar-refractivity contribution is 7.89. The van der Waals surface area contributed by atoms with Gasteiger partial charge in [0.05, 0.1) is 22.6 Å². The molecule has 1 aliphatic heterocycles. The van der Waals surface area contributed by atoms with Gasteiger partial charge in [-0.05, 0) is 48.9 Å². The summed E-state index contributed by atoms with van der Waals surface area (Å²) in [5.74, 6) is 0.757. The Bertz CT molecular complexity index is 1210. The number of anilines is 1. The van der Waals surface area contributed by atoms with Crippen LogP contribution < -0.4 is 19.1 Å². The minimum atomic E-state index is -3.85. The summed E-state index contributed by atoms with van der Waals surface area (Å²) < 4.78 is 64.0. The molecular weight excluding hydrogens is 470 g/mol. The first kappa shape index (κ1) is 25.0. The third kappa shape index (κ3) is 5.64. The summed E-state index contributed by atoms with van der Waals surface area (Å²) in [4.78, 5) is 13.8. The van der Waals surface area contributed by atoms with Crippen LogP contribution in [-0.4, -0.2) is 67.9 Å². The molecule has 1 N–H and O–H groups in total. The molecule has 0 spiro atoms. The fourth-order valence-electron chi connectivity index (χ4n) is 3.30. The lowest BCUT2D eigenvalue weighted by atomic mass is 10.2. The zero-order valence-electron chi connectivity index (χ0n) is 18.6. The van der Waals surface area contributed by atoms with E-state index in [0.29, 0.717) is 36.6 Å². The molecule has 12 heteroatoms. The van der Waals surface area contributed by atoms with E-state index in [9.17, 15) is 21.6 Å². The minimum absolute atomic E-state index is 0.00983. The molecule has 2 aromatic carbocycles. The van der Waals surface area contributed by atoms with Gasteiger partial charge in [-0.15, -0.1) is 0 Å². The number of hydrogen-bond acceptors (Lipinski definition) is 7. The highest BCUT2D eigenvalue weighted by atomic mass is 32.2. The predicted molar refractivity (Wildman–Crippen MR) is 123 cm³/mol. The second kappa shape index (κ2) is 10.1. The van der Waals surface area contributed by atoms with Crippen LogP contribution in [0.1, 0.15) is 12.8 Å². The Morgan fingerprint density at radius 2 is 1.70 bits per heavy atom. The van der Waals surface area contributed by atoms with E-state index in [1.165, 1.54) is 68.6 Å². The Hall–Kier alpha value is -2.67. The van der Waals surface area contributed by atoms with Gasteiger partial charge < -0.3 is 14.4 Å². The molecule has 1 fully saturated rings. The van der Waals surface area contributed by atoms with Gasteiger partial charge in [0.1, 0.15) is 18.1 Å². The predicted octanol–water partition coefficient (Wildman–Crippen LogP) is 1.43. The highest BCUT2D eigenvalue weighted by Gasteiger charge is 2.26. The Balaban J connectivity index is 1.62. The van der Waals surface area contributed by atoms with Gasteiger partial charge in [0.2, 0.25) is 26.0 Å². The van der Waals surface area contributed by atoms with Crippen LogP contribution in [0, 0.1) is 0 Å². The first-order chi connectivity index (χ1) is 15.6. The maximum Gasteiger partial charge on any atom is 0.242 e. The van der Waals surface area contributed by atoms with Crippen molar-refractivity contribution in [1.29, 1.82) is 0 Å². The summed E-state index contributed by atoms with van der Waals surface area (Å²) in [6.45, 7) is 0.533. The van der Waals surface area contributed by atoms with E-state index in [1.807, 2.05) is 0 Å². The third-order valence-corrected chi connectivity index (χ3v) is 8.38. The van der Waals surface area contributed by atoms with Gasteiger partial charge in [-0.2, -0.15) is 0 Å². The van der Waals surface area contributed by atoms with Crippen LogP contribution in [0.4, 0.5) is 5.69 Å². The monoisotopic (exact) mass is 497 g/mol. The molecule has 33 heavy (non-hydrogen) atoms. The summed E-state index contributed by atoms with van der Waals surface area (Å²) >= 11 is 0. The molecule has 10 nitrogen and oxygen atoms in total. The standard InChI is InChI=1S/C21H27N3O7S2/c1-23(2)33(28,29)17-8-6-16(7-9-17)31-14-12-22-32(26,27)18-10-11-20(30-3)19(15-18)24-13-4-5-21(24)25/h6-11,15,22H,4-5,12-14H2,1-3H3. The van der Waals surface area contributed by atoms with E-state index in [0.717, 1.165) is 4.31 Å². The smallest absolute Gasteiger partial charge is 0.242 e. The fraction of sp³-hybridized carbons (Fsp3) is 0.381. The fourth-order valence-corrected chi connectivity index (χ4v) is 5.23. The van der Waals surface area contributed by atoms with E-state index >= 15 is 0 Å². The molecule has 1 heterocycles. The summed E-state index contributed by atoms with van der Waals surface area (Å²) in [6, 6.07) is 10.2. The van der Waals surface area contributed by atoms with Crippen LogP contribution >= 0.6 is 0 Å². The van der Waals surface area contributed by atoms with Gasteiger partial charge in [-0.1, -0.05) is 0 Å². The lowest BCUT2D eigenvalue weighted by molar-refractivity contribution is -0.117. The molecule has 0 aromatic heterocycles. The zero-order valence-corrected chi connectivity index (χ0v) is 20.3. The van der Waals surface area contributed by atoms with Crippen molar-refractivity contribution in [3.8, 4) is 11.5 Å². The van der Waals surface area contributed by atoms with Crippen LogP contribution in [0.2, 0.25) is 0 Å². The van der Waals surface area contributed by atoms with E-state index < -0.39 is 20.0 Å². The van der Waals surface area contributed by atoms with Crippen molar-refractivity contribution in [3.05, 3.63) is 42.5 Å². The maximum atomic E-state index is 12.7. The van der Waals surface area contributed by atoms with Crippen LogP contribution in [0.25, 0.3) is 0 Å². The second-order valence-electron chi connectivity index (χ2n) is 7.49. The molecule has 1 aliphatic rings. The van der Waals surface area contributed by atoms with Crippen molar-refractivity contribution < 1.29 is 31.1 Å². The molecule has 1 saturated heterocycles. The minimum Gasteiger partial charge on any atom is -0.495 e. The molecule has 0 bridgehead atoms. The lowest BCUT2D eigenvalue weighted by Crippen LogP contribution is -2.29. The van der Waals surface area contributed by atoms with Crippen molar-refractivity contribution in [2.45, 2.75) is 22.6 Å². The van der Waals surface area contributed by atoms with E-state index in [2.05, 4.69) is 4.72 Å².